The number of benzene rings is 2. The van der Waals surface area contributed by atoms with E-state index in [-0.39, 0.29) is 30.1 Å². The molecule has 2 aromatic carbocycles. The first-order valence-corrected chi connectivity index (χ1v) is 9.32. The molecule has 1 heterocycles. The molecule has 1 atom stereocenters. The normalized spacial score (nSPS) is 15.4. The van der Waals surface area contributed by atoms with Crippen LogP contribution in [0.2, 0.25) is 0 Å². The zero-order chi connectivity index (χ0) is 18.9. The number of ether oxygens (including phenoxy) is 3. The van der Waals surface area contributed by atoms with Crippen molar-refractivity contribution in [1.29, 1.82) is 0 Å². The van der Waals surface area contributed by atoms with Gasteiger partial charge < -0.3 is 24.8 Å². The molecule has 2 N–H and O–H groups in total. The predicted molar refractivity (Wildman–Crippen MR) is 122 cm³/mol. The van der Waals surface area contributed by atoms with E-state index in [1.54, 1.807) is 7.11 Å². The smallest absolute Gasteiger partial charge is 0.191 e. The maximum absolute atomic E-state index is 5.96. The van der Waals surface area contributed by atoms with Crippen LogP contribution in [0.15, 0.2) is 53.5 Å². The summed E-state index contributed by atoms with van der Waals surface area (Å²) in [6, 6.07) is 15.8. The number of nitrogens with zero attached hydrogens (tertiary/aromatic N) is 1. The lowest BCUT2D eigenvalue weighted by Crippen LogP contribution is -2.40. The highest BCUT2D eigenvalue weighted by Gasteiger charge is 2.20. The second-order valence-electron chi connectivity index (χ2n) is 6.21. The van der Waals surface area contributed by atoms with Crippen molar-refractivity contribution < 1.29 is 14.2 Å². The van der Waals surface area contributed by atoms with Crippen LogP contribution in [0.5, 0.6) is 17.2 Å². The third-order valence-corrected chi connectivity index (χ3v) is 4.24. The molecule has 28 heavy (non-hydrogen) atoms. The van der Waals surface area contributed by atoms with Crippen LogP contribution in [0.4, 0.5) is 0 Å². The van der Waals surface area contributed by atoms with Crippen molar-refractivity contribution in [3.8, 4) is 17.2 Å². The summed E-state index contributed by atoms with van der Waals surface area (Å²) >= 11 is 0. The number of hydrogen-bond acceptors (Lipinski definition) is 4. The molecule has 0 spiro atoms. The van der Waals surface area contributed by atoms with Gasteiger partial charge in [0.15, 0.2) is 23.6 Å². The van der Waals surface area contributed by atoms with Gasteiger partial charge in [0, 0.05) is 13.1 Å². The SMILES string of the molecule is CCNC(=NCC1COc2ccccc2O1)NCCc1ccccc1OC.I. The van der Waals surface area contributed by atoms with Crippen LogP contribution in [-0.4, -0.2) is 45.4 Å². The highest BCUT2D eigenvalue weighted by atomic mass is 127. The molecular weight excluding hydrogens is 469 g/mol. The van der Waals surface area contributed by atoms with Gasteiger partial charge in [-0.05, 0) is 37.1 Å². The first-order chi connectivity index (χ1) is 13.3. The Bertz CT molecular complexity index is 770. The number of fused-ring (bicyclic) bond motifs is 1. The number of methoxy groups -OCH3 is 1. The largest absolute Gasteiger partial charge is 0.496 e. The van der Waals surface area contributed by atoms with E-state index in [1.807, 2.05) is 49.4 Å². The molecule has 152 valence electrons. The van der Waals surface area contributed by atoms with E-state index in [0.717, 1.165) is 42.7 Å². The fourth-order valence-corrected chi connectivity index (χ4v) is 2.91. The fourth-order valence-electron chi connectivity index (χ4n) is 2.91. The van der Waals surface area contributed by atoms with Gasteiger partial charge in [0.05, 0.1) is 13.7 Å². The van der Waals surface area contributed by atoms with Gasteiger partial charge in [-0.2, -0.15) is 0 Å². The Morgan fingerprint density at radius 1 is 1.11 bits per heavy atom. The van der Waals surface area contributed by atoms with Gasteiger partial charge in [0.25, 0.3) is 0 Å². The molecule has 6 nitrogen and oxygen atoms in total. The number of aliphatic imine (C=N–C) groups is 1. The summed E-state index contributed by atoms with van der Waals surface area (Å²) in [4.78, 5) is 4.64. The third kappa shape index (κ3) is 6.19. The van der Waals surface area contributed by atoms with Gasteiger partial charge in [0.2, 0.25) is 0 Å². The second kappa shape index (κ2) is 11.6. The Hall–Kier alpha value is -2.16. The van der Waals surface area contributed by atoms with E-state index in [2.05, 4.69) is 21.7 Å². The first-order valence-electron chi connectivity index (χ1n) is 9.32. The minimum Gasteiger partial charge on any atom is -0.496 e. The molecule has 1 aliphatic heterocycles. The van der Waals surface area contributed by atoms with Crippen LogP contribution < -0.4 is 24.8 Å². The molecule has 0 saturated heterocycles. The van der Waals surface area contributed by atoms with Gasteiger partial charge in [-0.15, -0.1) is 24.0 Å². The van der Waals surface area contributed by atoms with Crippen molar-refractivity contribution in [3.63, 3.8) is 0 Å². The number of nitrogens with one attached hydrogen (secondary N) is 2. The van der Waals surface area contributed by atoms with Crippen LogP contribution in [0.1, 0.15) is 12.5 Å². The Morgan fingerprint density at radius 2 is 1.86 bits per heavy atom. The summed E-state index contributed by atoms with van der Waals surface area (Å²) in [5.41, 5.74) is 1.17. The van der Waals surface area contributed by atoms with Gasteiger partial charge in [-0.25, -0.2) is 4.99 Å². The molecule has 0 aromatic heterocycles. The van der Waals surface area contributed by atoms with Crippen LogP contribution >= 0.6 is 24.0 Å². The molecule has 0 aliphatic carbocycles. The van der Waals surface area contributed by atoms with E-state index in [0.29, 0.717) is 13.2 Å². The standard InChI is InChI=1S/C21H27N3O3.HI/c1-3-22-21(23-13-12-16-8-4-5-9-18(16)25-2)24-14-17-15-26-19-10-6-7-11-20(19)27-17;/h4-11,17H,3,12-15H2,1-2H3,(H2,22,23,24);1H. The topological polar surface area (TPSA) is 64.1 Å². The molecule has 0 radical (unpaired) electrons. The van der Waals surface area contributed by atoms with E-state index in [1.165, 1.54) is 5.56 Å². The van der Waals surface area contributed by atoms with E-state index in [4.69, 9.17) is 14.2 Å². The number of para-hydroxylation sites is 3. The molecule has 0 fully saturated rings. The molecule has 1 aliphatic rings. The maximum Gasteiger partial charge on any atom is 0.191 e. The molecular formula is C21H28IN3O3. The molecule has 1 unspecified atom stereocenters. The monoisotopic (exact) mass is 497 g/mol. The van der Waals surface area contributed by atoms with E-state index < -0.39 is 0 Å². The van der Waals surface area contributed by atoms with Crippen molar-refractivity contribution in [2.24, 2.45) is 4.99 Å². The Morgan fingerprint density at radius 3 is 2.64 bits per heavy atom. The average Bonchev–Trinajstić information content (AvgIpc) is 2.72. The zero-order valence-electron chi connectivity index (χ0n) is 16.3. The van der Waals surface area contributed by atoms with Gasteiger partial charge in [0.1, 0.15) is 12.4 Å². The third-order valence-electron chi connectivity index (χ3n) is 4.24. The van der Waals surface area contributed by atoms with Crippen LogP contribution in [-0.2, 0) is 6.42 Å². The summed E-state index contributed by atoms with van der Waals surface area (Å²) in [7, 11) is 1.70. The number of halogens is 1. The van der Waals surface area contributed by atoms with Crippen molar-refractivity contribution in [1.82, 2.24) is 10.6 Å². The van der Waals surface area contributed by atoms with Gasteiger partial charge >= 0.3 is 0 Å². The summed E-state index contributed by atoms with van der Waals surface area (Å²) in [5, 5.41) is 6.63. The van der Waals surface area contributed by atoms with Crippen LogP contribution in [0.3, 0.4) is 0 Å². The van der Waals surface area contributed by atoms with Gasteiger partial charge in [-0.1, -0.05) is 30.3 Å². The molecule has 2 aromatic rings. The summed E-state index contributed by atoms with van der Waals surface area (Å²) in [6.07, 6.45) is 0.759. The molecule has 3 rings (SSSR count). The van der Waals surface area contributed by atoms with Gasteiger partial charge in [-0.3, -0.25) is 0 Å². The Kier molecular flexibility index (Phi) is 9.19. The quantitative estimate of drug-likeness (QED) is 0.350. The van der Waals surface area contributed by atoms with Crippen LogP contribution in [0.25, 0.3) is 0 Å². The fraction of sp³-hybridized carbons (Fsp3) is 0.381. The molecule has 0 saturated carbocycles. The van der Waals surface area contributed by atoms with E-state index >= 15 is 0 Å². The highest BCUT2D eigenvalue weighted by molar-refractivity contribution is 14.0. The van der Waals surface area contributed by atoms with Crippen molar-refractivity contribution in [2.45, 2.75) is 19.4 Å². The van der Waals surface area contributed by atoms with Crippen molar-refractivity contribution in [3.05, 3.63) is 54.1 Å². The first kappa shape index (κ1) is 22.1. The summed E-state index contributed by atoms with van der Waals surface area (Å²) in [5.74, 6) is 3.25. The average molecular weight is 497 g/mol. The molecule has 0 bridgehead atoms. The van der Waals surface area contributed by atoms with Crippen molar-refractivity contribution in [2.75, 3.05) is 33.4 Å². The van der Waals surface area contributed by atoms with E-state index in [9.17, 15) is 0 Å². The molecule has 0 amide bonds. The number of hydrogen-bond donors (Lipinski definition) is 2. The minimum absolute atomic E-state index is 0. The second-order valence-corrected chi connectivity index (χ2v) is 6.21. The maximum atomic E-state index is 5.96. The summed E-state index contributed by atoms with van der Waals surface area (Å²) < 4.78 is 17.1. The predicted octanol–water partition coefficient (Wildman–Crippen LogP) is 3.25. The lowest BCUT2D eigenvalue weighted by molar-refractivity contribution is 0.0971. The minimum atomic E-state index is -0.0930. The highest BCUT2D eigenvalue weighted by Crippen LogP contribution is 2.30. The zero-order valence-corrected chi connectivity index (χ0v) is 18.6. The number of rotatable bonds is 7. The molecule has 7 heteroatoms. The Labute approximate surface area is 183 Å². The summed E-state index contributed by atoms with van der Waals surface area (Å²) in [6.45, 7) is 4.63. The van der Waals surface area contributed by atoms with Crippen molar-refractivity contribution >= 4 is 29.9 Å². The number of guanidine groups is 1. The Balaban J connectivity index is 0.00000280. The van der Waals surface area contributed by atoms with Crippen LogP contribution in [0, 0.1) is 0 Å². The lowest BCUT2D eigenvalue weighted by atomic mass is 10.1. The lowest BCUT2D eigenvalue weighted by Gasteiger charge is -2.25.